The van der Waals surface area contributed by atoms with Crippen LogP contribution in [0.2, 0.25) is 0 Å². The molecule has 2 unspecified atom stereocenters. The van der Waals surface area contributed by atoms with E-state index >= 15 is 0 Å². The predicted octanol–water partition coefficient (Wildman–Crippen LogP) is 1.09. The molecule has 1 saturated carbocycles. The SMILES string of the molecule is NC1CCCCC1CC=O. The van der Waals surface area contributed by atoms with Gasteiger partial charge in [0, 0.05) is 12.5 Å². The lowest BCUT2D eigenvalue weighted by atomic mass is 9.83. The summed E-state index contributed by atoms with van der Waals surface area (Å²) in [4.78, 5) is 10.2. The second-order valence-corrected chi connectivity index (χ2v) is 3.11. The molecule has 1 rings (SSSR count). The van der Waals surface area contributed by atoms with E-state index in [0.29, 0.717) is 18.4 Å². The van der Waals surface area contributed by atoms with Gasteiger partial charge in [0.05, 0.1) is 0 Å². The molecule has 0 aliphatic heterocycles. The van der Waals surface area contributed by atoms with E-state index in [1.54, 1.807) is 0 Å². The van der Waals surface area contributed by atoms with Gasteiger partial charge in [-0.1, -0.05) is 12.8 Å². The molecule has 0 bridgehead atoms. The Kier molecular flexibility index (Phi) is 2.87. The van der Waals surface area contributed by atoms with E-state index in [4.69, 9.17) is 5.73 Å². The highest BCUT2D eigenvalue weighted by Crippen LogP contribution is 2.24. The first kappa shape index (κ1) is 7.73. The van der Waals surface area contributed by atoms with Gasteiger partial charge in [-0.15, -0.1) is 0 Å². The Morgan fingerprint density at radius 1 is 1.40 bits per heavy atom. The molecule has 2 heteroatoms. The summed E-state index contributed by atoms with van der Waals surface area (Å²) in [6, 6.07) is 0.291. The molecule has 0 aromatic rings. The molecule has 2 nitrogen and oxygen atoms in total. The van der Waals surface area contributed by atoms with Crippen LogP contribution in [0.15, 0.2) is 0 Å². The minimum absolute atomic E-state index is 0.291. The zero-order chi connectivity index (χ0) is 7.40. The number of hydrogen-bond acceptors (Lipinski definition) is 2. The molecule has 1 aliphatic carbocycles. The van der Waals surface area contributed by atoms with Crippen molar-refractivity contribution in [3.8, 4) is 0 Å². The molecule has 0 spiro atoms. The van der Waals surface area contributed by atoms with Crippen molar-refractivity contribution in [3.63, 3.8) is 0 Å². The van der Waals surface area contributed by atoms with Crippen molar-refractivity contribution in [2.45, 2.75) is 38.1 Å². The van der Waals surface area contributed by atoms with Crippen LogP contribution in [0.25, 0.3) is 0 Å². The molecule has 1 fully saturated rings. The first-order valence-corrected chi connectivity index (χ1v) is 4.04. The Morgan fingerprint density at radius 3 is 2.70 bits per heavy atom. The quantitative estimate of drug-likeness (QED) is 0.585. The summed E-state index contributed by atoms with van der Waals surface area (Å²) in [5, 5.41) is 0. The zero-order valence-corrected chi connectivity index (χ0v) is 6.25. The van der Waals surface area contributed by atoms with Crippen LogP contribution in [0.1, 0.15) is 32.1 Å². The maximum absolute atomic E-state index is 10.2. The lowest BCUT2D eigenvalue weighted by Gasteiger charge is -2.26. The van der Waals surface area contributed by atoms with Crippen LogP contribution in [0.3, 0.4) is 0 Å². The van der Waals surface area contributed by atoms with Gasteiger partial charge in [0.1, 0.15) is 6.29 Å². The lowest BCUT2D eigenvalue weighted by molar-refractivity contribution is -0.108. The highest BCUT2D eigenvalue weighted by atomic mass is 16.1. The fourth-order valence-corrected chi connectivity index (χ4v) is 1.65. The molecule has 0 aromatic heterocycles. The van der Waals surface area contributed by atoms with Crippen molar-refractivity contribution in [2.75, 3.05) is 0 Å². The van der Waals surface area contributed by atoms with Crippen LogP contribution in [-0.4, -0.2) is 12.3 Å². The van der Waals surface area contributed by atoms with Gasteiger partial charge in [0.25, 0.3) is 0 Å². The van der Waals surface area contributed by atoms with Gasteiger partial charge < -0.3 is 10.5 Å². The van der Waals surface area contributed by atoms with Crippen LogP contribution in [0.5, 0.6) is 0 Å². The second-order valence-electron chi connectivity index (χ2n) is 3.11. The normalized spacial score (nSPS) is 33.7. The third-order valence-corrected chi connectivity index (χ3v) is 2.37. The van der Waals surface area contributed by atoms with Gasteiger partial charge in [-0.05, 0) is 18.8 Å². The van der Waals surface area contributed by atoms with Crippen molar-refractivity contribution >= 4 is 6.29 Å². The smallest absolute Gasteiger partial charge is 0.120 e. The summed E-state index contributed by atoms with van der Waals surface area (Å²) < 4.78 is 0. The van der Waals surface area contributed by atoms with Gasteiger partial charge in [-0.3, -0.25) is 0 Å². The van der Waals surface area contributed by atoms with Gasteiger partial charge in [0.2, 0.25) is 0 Å². The van der Waals surface area contributed by atoms with Crippen molar-refractivity contribution in [2.24, 2.45) is 11.7 Å². The van der Waals surface area contributed by atoms with E-state index in [9.17, 15) is 4.79 Å². The van der Waals surface area contributed by atoms with E-state index in [1.807, 2.05) is 0 Å². The fourth-order valence-electron chi connectivity index (χ4n) is 1.65. The van der Waals surface area contributed by atoms with Crippen molar-refractivity contribution in [3.05, 3.63) is 0 Å². The van der Waals surface area contributed by atoms with E-state index in [1.165, 1.54) is 12.8 Å². The molecule has 0 aromatic carbocycles. The predicted molar refractivity (Wildman–Crippen MR) is 40.6 cm³/mol. The van der Waals surface area contributed by atoms with Crippen molar-refractivity contribution in [1.29, 1.82) is 0 Å². The molecule has 0 saturated heterocycles. The summed E-state index contributed by atoms with van der Waals surface area (Å²) in [5.41, 5.74) is 5.81. The van der Waals surface area contributed by atoms with E-state index in [-0.39, 0.29) is 0 Å². The van der Waals surface area contributed by atoms with Gasteiger partial charge in [0.15, 0.2) is 0 Å². The van der Waals surface area contributed by atoms with Crippen LogP contribution in [-0.2, 0) is 4.79 Å². The average molecular weight is 141 g/mol. The largest absolute Gasteiger partial charge is 0.327 e. The zero-order valence-electron chi connectivity index (χ0n) is 6.25. The van der Waals surface area contributed by atoms with E-state index in [0.717, 1.165) is 19.1 Å². The number of carbonyl (C=O) groups is 1. The van der Waals surface area contributed by atoms with Crippen LogP contribution in [0, 0.1) is 5.92 Å². The maximum atomic E-state index is 10.2. The Hall–Kier alpha value is -0.370. The number of nitrogens with two attached hydrogens (primary N) is 1. The summed E-state index contributed by atoms with van der Waals surface area (Å²) in [6.07, 6.45) is 6.43. The standard InChI is InChI=1S/C8H15NO/c9-8-4-2-1-3-7(8)5-6-10/h6-8H,1-5,9H2. The highest BCUT2D eigenvalue weighted by molar-refractivity contribution is 5.49. The third-order valence-electron chi connectivity index (χ3n) is 2.37. The molecular formula is C8H15NO. The molecule has 0 amide bonds. The first-order chi connectivity index (χ1) is 4.84. The number of hydrogen-bond donors (Lipinski definition) is 1. The van der Waals surface area contributed by atoms with Crippen LogP contribution >= 0.6 is 0 Å². The number of aldehydes is 1. The van der Waals surface area contributed by atoms with Gasteiger partial charge in [-0.25, -0.2) is 0 Å². The molecule has 2 N–H and O–H groups in total. The number of rotatable bonds is 2. The first-order valence-electron chi connectivity index (χ1n) is 4.04. The minimum atomic E-state index is 0.291. The molecule has 10 heavy (non-hydrogen) atoms. The van der Waals surface area contributed by atoms with Crippen molar-refractivity contribution < 1.29 is 4.79 Å². The Morgan fingerprint density at radius 2 is 2.10 bits per heavy atom. The molecule has 2 atom stereocenters. The lowest BCUT2D eigenvalue weighted by Crippen LogP contribution is -2.33. The van der Waals surface area contributed by atoms with Gasteiger partial charge >= 0.3 is 0 Å². The van der Waals surface area contributed by atoms with Crippen molar-refractivity contribution in [1.82, 2.24) is 0 Å². The third kappa shape index (κ3) is 1.81. The van der Waals surface area contributed by atoms with Crippen LogP contribution < -0.4 is 5.73 Å². The summed E-state index contributed by atoms with van der Waals surface area (Å²) in [5.74, 6) is 0.478. The fraction of sp³-hybridized carbons (Fsp3) is 0.875. The highest BCUT2D eigenvalue weighted by Gasteiger charge is 2.20. The minimum Gasteiger partial charge on any atom is -0.327 e. The van der Waals surface area contributed by atoms with Crippen LogP contribution in [0.4, 0.5) is 0 Å². The van der Waals surface area contributed by atoms with E-state index < -0.39 is 0 Å². The monoisotopic (exact) mass is 141 g/mol. The average Bonchev–Trinajstić information content (AvgIpc) is 1.94. The molecule has 0 heterocycles. The Labute approximate surface area is 61.8 Å². The molecule has 1 aliphatic rings. The summed E-state index contributed by atoms with van der Waals surface area (Å²) >= 11 is 0. The molecule has 58 valence electrons. The van der Waals surface area contributed by atoms with E-state index in [2.05, 4.69) is 0 Å². The summed E-state index contributed by atoms with van der Waals surface area (Å²) in [7, 11) is 0. The maximum Gasteiger partial charge on any atom is 0.120 e. The Balaban J connectivity index is 2.32. The molecular weight excluding hydrogens is 126 g/mol. The number of carbonyl (C=O) groups excluding carboxylic acids is 1. The summed E-state index contributed by atoms with van der Waals surface area (Å²) in [6.45, 7) is 0. The molecule has 0 radical (unpaired) electrons. The Bertz CT molecular complexity index is 114. The van der Waals surface area contributed by atoms with Gasteiger partial charge in [-0.2, -0.15) is 0 Å². The second kappa shape index (κ2) is 3.71. The topological polar surface area (TPSA) is 43.1 Å².